The average molecular weight is 374 g/mol. The number of benzene rings is 1. The number of amides is 1. The molecule has 0 aliphatic carbocycles. The van der Waals surface area contributed by atoms with Gasteiger partial charge >= 0.3 is 0 Å². The van der Waals surface area contributed by atoms with Crippen molar-refractivity contribution in [3.8, 4) is 0 Å². The average Bonchev–Trinajstić information content (AvgIpc) is 3.15. The van der Waals surface area contributed by atoms with Crippen molar-refractivity contribution >= 4 is 17.7 Å². The van der Waals surface area contributed by atoms with E-state index in [-0.39, 0.29) is 23.3 Å². The highest BCUT2D eigenvalue weighted by atomic mass is 32.2. The molecular weight excluding hydrogens is 346 g/mol. The molecule has 0 radical (unpaired) electrons. The fourth-order valence-electron chi connectivity index (χ4n) is 3.26. The molecule has 2 heterocycles. The van der Waals surface area contributed by atoms with Crippen LogP contribution in [0.5, 0.6) is 0 Å². The quantitative estimate of drug-likeness (QED) is 0.892. The Labute approximate surface area is 159 Å². The molecule has 2 aromatic rings. The fraction of sp³-hybridized carbons (Fsp3) is 0.579. The summed E-state index contributed by atoms with van der Waals surface area (Å²) in [7, 11) is 0. The van der Waals surface area contributed by atoms with Crippen LogP contribution in [-0.4, -0.2) is 49.5 Å². The molecule has 1 aromatic carbocycles. The lowest BCUT2D eigenvalue weighted by atomic mass is 9.86. The van der Waals surface area contributed by atoms with Gasteiger partial charge in [-0.25, -0.2) is 0 Å². The summed E-state index contributed by atoms with van der Waals surface area (Å²) in [6, 6.07) is 8.55. The van der Waals surface area contributed by atoms with E-state index >= 15 is 0 Å². The first-order valence-corrected chi connectivity index (χ1v) is 10.2. The van der Waals surface area contributed by atoms with Gasteiger partial charge in [0.05, 0.1) is 0 Å². The van der Waals surface area contributed by atoms with Crippen molar-refractivity contribution in [1.82, 2.24) is 25.5 Å². The van der Waals surface area contributed by atoms with Crippen LogP contribution in [0.25, 0.3) is 0 Å². The Balaban J connectivity index is 1.68. The summed E-state index contributed by atoms with van der Waals surface area (Å²) in [5.41, 5.74) is 2.65. The third-order valence-corrected chi connectivity index (χ3v) is 5.88. The van der Waals surface area contributed by atoms with Crippen molar-refractivity contribution in [3.05, 3.63) is 41.2 Å². The van der Waals surface area contributed by atoms with E-state index in [1.54, 1.807) is 0 Å². The summed E-state index contributed by atoms with van der Waals surface area (Å²) < 4.78 is 0. The van der Waals surface area contributed by atoms with Gasteiger partial charge in [-0.2, -0.15) is 17.0 Å². The fourth-order valence-corrected chi connectivity index (χ4v) is 4.30. The monoisotopic (exact) mass is 373 g/mol. The second-order valence-electron chi connectivity index (χ2n) is 7.94. The summed E-state index contributed by atoms with van der Waals surface area (Å²) in [4.78, 5) is 15.0. The van der Waals surface area contributed by atoms with Gasteiger partial charge in [-0.1, -0.05) is 57.2 Å². The van der Waals surface area contributed by atoms with Crippen LogP contribution in [0.1, 0.15) is 50.7 Å². The van der Waals surface area contributed by atoms with Gasteiger partial charge in [0.2, 0.25) is 5.91 Å². The summed E-state index contributed by atoms with van der Waals surface area (Å²) in [6.07, 6.45) is 0.742. The highest BCUT2D eigenvalue weighted by Gasteiger charge is 2.33. The van der Waals surface area contributed by atoms with Gasteiger partial charge in [0.1, 0.15) is 6.04 Å². The first-order valence-electron chi connectivity index (χ1n) is 9.07. The van der Waals surface area contributed by atoms with E-state index < -0.39 is 0 Å². The van der Waals surface area contributed by atoms with Gasteiger partial charge in [-0.3, -0.25) is 4.79 Å². The predicted molar refractivity (Wildman–Crippen MR) is 104 cm³/mol. The molecule has 26 heavy (non-hydrogen) atoms. The molecule has 1 fully saturated rings. The number of nitrogens with one attached hydrogen (secondary N) is 1. The normalized spacial score (nSPS) is 19.4. The molecule has 1 saturated heterocycles. The molecule has 140 valence electrons. The minimum absolute atomic E-state index is 0.0759. The summed E-state index contributed by atoms with van der Waals surface area (Å²) >= 11 is 1.83. The van der Waals surface area contributed by atoms with Crippen molar-refractivity contribution in [1.29, 1.82) is 0 Å². The third-order valence-electron chi connectivity index (χ3n) is 4.85. The molecule has 1 aliphatic rings. The first kappa shape index (κ1) is 18.9. The number of carbonyl (C=O) groups is 1. The maximum Gasteiger partial charge on any atom is 0.226 e. The molecule has 0 bridgehead atoms. The maximum absolute atomic E-state index is 13.1. The molecule has 1 N–H and O–H groups in total. The number of tetrazole rings is 1. The number of thioether (sulfide) groups is 1. The Bertz CT molecular complexity index is 723. The maximum atomic E-state index is 13.1. The zero-order valence-electron chi connectivity index (χ0n) is 15.9. The van der Waals surface area contributed by atoms with E-state index in [0.717, 1.165) is 24.5 Å². The lowest BCUT2D eigenvalue weighted by molar-refractivity contribution is -0.137. The van der Waals surface area contributed by atoms with Crippen LogP contribution in [0.2, 0.25) is 0 Å². The molecule has 1 aliphatic heterocycles. The Morgan fingerprint density at radius 1 is 1.35 bits per heavy atom. The van der Waals surface area contributed by atoms with Crippen LogP contribution in [0.15, 0.2) is 24.3 Å². The smallest absolute Gasteiger partial charge is 0.226 e. The van der Waals surface area contributed by atoms with Crippen molar-refractivity contribution in [3.63, 3.8) is 0 Å². The van der Waals surface area contributed by atoms with Gasteiger partial charge in [-0.05, 0) is 23.0 Å². The zero-order chi connectivity index (χ0) is 18.7. The van der Waals surface area contributed by atoms with Crippen molar-refractivity contribution < 1.29 is 4.79 Å². The van der Waals surface area contributed by atoms with Crippen LogP contribution in [0.4, 0.5) is 0 Å². The van der Waals surface area contributed by atoms with Gasteiger partial charge in [-0.15, -0.1) is 10.2 Å². The molecular formula is C19H27N5OS. The van der Waals surface area contributed by atoms with E-state index in [9.17, 15) is 4.79 Å². The van der Waals surface area contributed by atoms with Gasteiger partial charge in [0.25, 0.3) is 0 Å². The summed E-state index contributed by atoms with van der Waals surface area (Å²) in [5, 5.41) is 14.3. The second-order valence-corrected chi connectivity index (χ2v) is 9.09. The van der Waals surface area contributed by atoms with E-state index in [4.69, 9.17) is 0 Å². The molecule has 6 nitrogen and oxygen atoms in total. The van der Waals surface area contributed by atoms with E-state index in [0.29, 0.717) is 5.82 Å². The van der Waals surface area contributed by atoms with Gasteiger partial charge < -0.3 is 4.90 Å². The Kier molecular flexibility index (Phi) is 5.65. The Hall–Kier alpha value is -1.89. The van der Waals surface area contributed by atoms with Crippen molar-refractivity contribution in [2.24, 2.45) is 5.92 Å². The van der Waals surface area contributed by atoms with Gasteiger partial charge in [0.15, 0.2) is 5.82 Å². The summed E-state index contributed by atoms with van der Waals surface area (Å²) in [5.74, 6) is 2.46. The van der Waals surface area contributed by atoms with Crippen LogP contribution in [-0.2, 0) is 16.6 Å². The SMILES string of the molecule is CC(Cc1ccc(C(C)(C)C)cc1)C(=O)N1CCSCC1c1nn[nH]n1. The molecule has 7 heteroatoms. The predicted octanol–water partition coefficient (Wildman–Crippen LogP) is 2.99. The van der Waals surface area contributed by atoms with Crippen LogP contribution < -0.4 is 0 Å². The Morgan fingerprint density at radius 2 is 2.08 bits per heavy atom. The lowest BCUT2D eigenvalue weighted by Gasteiger charge is -2.35. The number of aromatic nitrogens is 4. The number of hydrogen-bond donors (Lipinski definition) is 1. The zero-order valence-corrected chi connectivity index (χ0v) is 16.7. The first-order chi connectivity index (χ1) is 12.4. The number of nitrogens with zero attached hydrogens (tertiary/aromatic N) is 4. The topological polar surface area (TPSA) is 74.8 Å². The summed E-state index contributed by atoms with van der Waals surface area (Å²) in [6.45, 7) is 9.37. The standard InChI is InChI=1S/C19H27N5OS/c1-13(11-14-5-7-15(8-6-14)19(2,3)4)18(25)24-9-10-26-12-16(24)17-20-22-23-21-17/h5-8,13,16H,9-12H2,1-4H3,(H,20,21,22,23). The highest BCUT2D eigenvalue weighted by Crippen LogP contribution is 2.29. The number of H-pyrrole nitrogens is 1. The van der Waals surface area contributed by atoms with Crippen LogP contribution in [0.3, 0.4) is 0 Å². The molecule has 2 unspecified atom stereocenters. The number of carbonyl (C=O) groups excluding carboxylic acids is 1. The molecule has 1 aromatic heterocycles. The molecule has 1 amide bonds. The Morgan fingerprint density at radius 3 is 2.69 bits per heavy atom. The molecule has 2 atom stereocenters. The second kappa shape index (κ2) is 7.78. The number of rotatable bonds is 4. The largest absolute Gasteiger partial charge is 0.330 e. The van der Waals surface area contributed by atoms with E-state index in [1.165, 1.54) is 11.1 Å². The minimum Gasteiger partial charge on any atom is -0.330 e. The van der Waals surface area contributed by atoms with Crippen LogP contribution >= 0.6 is 11.8 Å². The van der Waals surface area contributed by atoms with Gasteiger partial charge in [0, 0.05) is 24.0 Å². The molecule has 0 spiro atoms. The van der Waals surface area contributed by atoms with E-state index in [2.05, 4.69) is 65.7 Å². The number of hydrogen-bond acceptors (Lipinski definition) is 5. The van der Waals surface area contributed by atoms with E-state index in [1.807, 2.05) is 23.6 Å². The number of aromatic amines is 1. The minimum atomic E-state index is -0.0919. The van der Waals surface area contributed by atoms with Crippen molar-refractivity contribution in [2.75, 3.05) is 18.1 Å². The lowest BCUT2D eigenvalue weighted by Crippen LogP contribution is -2.44. The van der Waals surface area contributed by atoms with Crippen molar-refractivity contribution in [2.45, 2.75) is 45.6 Å². The molecule has 0 saturated carbocycles. The molecule has 3 rings (SSSR count). The van der Waals surface area contributed by atoms with Crippen LogP contribution in [0, 0.1) is 5.92 Å². The third kappa shape index (κ3) is 4.26. The highest BCUT2D eigenvalue weighted by molar-refractivity contribution is 7.99.